The molecule has 0 fully saturated rings. The summed E-state index contributed by atoms with van der Waals surface area (Å²) < 4.78 is 5.67. The Morgan fingerprint density at radius 1 is 1.47 bits per heavy atom. The summed E-state index contributed by atoms with van der Waals surface area (Å²) in [6.07, 6.45) is 4.70. The van der Waals surface area contributed by atoms with Crippen molar-refractivity contribution in [1.82, 2.24) is 0 Å². The highest BCUT2D eigenvalue weighted by Gasteiger charge is 2.26. The third-order valence-corrected chi connectivity index (χ3v) is 6.02. The van der Waals surface area contributed by atoms with Crippen LogP contribution in [0.15, 0.2) is 22.7 Å². The predicted molar refractivity (Wildman–Crippen MR) is 71.6 cm³/mol. The lowest BCUT2D eigenvalue weighted by Crippen LogP contribution is -2.40. The maximum atomic E-state index is 10.2. The zero-order chi connectivity index (χ0) is 12.9. The Balaban J connectivity index is 2.76. The monoisotopic (exact) mass is 253 g/mol. The fourth-order valence-corrected chi connectivity index (χ4v) is 4.09. The van der Waals surface area contributed by atoms with Crippen molar-refractivity contribution in [2.24, 2.45) is 0 Å². The Morgan fingerprint density at radius 2 is 2.18 bits per heavy atom. The van der Waals surface area contributed by atoms with E-state index < -0.39 is 13.0 Å². The molecule has 0 bridgehead atoms. The van der Waals surface area contributed by atoms with E-state index in [0.29, 0.717) is 5.76 Å². The molecule has 0 saturated carbocycles. The first-order valence-corrected chi connectivity index (χ1v) is 9.08. The van der Waals surface area contributed by atoms with Gasteiger partial charge in [0, 0.05) is 0 Å². The molecule has 94 valence electrons. The number of hydrogen-bond acceptors (Lipinski definition) is 3. The first kappa shape index (κ1) is 13.7. The van der Waals surface area contributed by atoms with Crippen molar-refractivity contribution >= 4 is 19.5 Å². The van der Waals surface area contributed by atoms with Gasteiger partial charge in [0.25, 0.3) is 0 Å². The molecular formula is C12H19NO3Si. The largest absolute Gasteiger partial charge is 0.467 e. The molecule has 0 aromatic carbocycles. The van der Waals surface area contributed by atoms with Gasteiger partial charge in [0.2, 0.25) is 6.20 Å². The van der Waals surface area contributed by atoms with Crippen molar-refractivity contribution < 1.29 is 9.34 Å². The van der Waals surface area contributed by atoms with Gasteiger partial charge in [-0.2, -0.15) is 0 Å². The molecule has 0 spiro atoms. The zero-order valence-corrected chi connectivity index (χ0v) is 11.6. The van der Waals surface area contributed by atoms with Gasteiger partial charge in [-0.15, -0.1) is 0 Å². The van der Waals surface area contributed by atoms with E-state index in [1.165, 1.54) is 25.0 Å². The standard InChI is InChI=1S/C12H19NO3Si/c1-4-5-10-17(2,3)12-7-6-11(16-12)8-9-13(14)15/h6-9H,4-5,10H2,1-3H3/b9-8+. The summed E-state index contributed by atoms with van der Waals surface area (Å²) in [4.78, 5) is 9.72. The van der Waals surface area contributed by atoms with E-state index in [-0.39, 0.29) is 0 Å². The van der Waals surface area contributed by atoms with Crippen LogP contribution < -0.4 is 5.38 Å². The lowest BCUT2D eigenvalue weighted by Gasteiger charge is -2.18. The molecule has 0 amide bonds. The third kappa shape index (κ3) is 4.18. The van der Waals surface area contributed by atoms with Crippen LogP contribution in [0.3, 0.4) is 0 Å². The van der Waals surface area contributed by atoms with E-state index in [0.717, 1.165) is 11.6 Å². The van der Waals surface area contributed by atoms with Crippen LogP contribution in [-0.4, -0.2) is 13.0 Å². The Hall–Kier alpha value is -1.36. The van der Waals surface area contributed by atoms with Crippen LogP contribution in [0.2, 0.25) is 19.1 Å². The predicted octanol–water partition coefficient (Wildman–Crippen LogP) is 3.24. The third-order valence-electron chi connectivity index (χ3n) is 2.81. The maximum absolute atomic E-state index is 10.2. The van der Waals surface area contributed by atoms with Gasteiger partial charge < -0.3 is 4.42 Å². The van der Waals surface area contributed by atoms with E-state index in [1.54, 1.807) is 6.07 Å². The van der Waals surface area contributed by atoms with Crippen molar-refractivity contribution in [3.8, 4) is 0 Å². The number of unbranched alkanes of at least 4 members (excludes halogenated alkanes) is 1. The van der Waals surface area contributed by atoms with Crippen molar-refractivity contribution in [1.29, 1.82) is 0 Å². The molecular weight excluding hydrogens is 234 g/mol. The lowest BCUT2D eigenvalue weighted by atomic mass is 10.4. The number of rotatable bonds is 6. The molecule has 5 heteroatoms. The molecule has 0 aliphatic heterocycles. The molecule has 0 N–H and O–H groups in total. The Labute approximate surface area is 102 Å². The van der Waals surface area contributed by atoms with Crippen LogP contribution in [0.4, 0.5) is 0 Å². The van der Waals surface area contributed by atoms with Crippen molar-refractivity contribution in [3.05, 3.63) is 34.2 Å². The normalized spacial score (nSPS) is 12.2. The Morgan fingerprint density at radius 3 is 2.76 bits per heavy atom. The highest BCUT2D eigenvalue weighted by Crippen LogP contribution is 2.16. The number of nitrogens with zero attached hydrogens (tertiary/aromatic N) is 1. The number of furan rings is 1. The van der Waals surface area contributed by atoms with E-state index >= 15 is 0 Å². The summed E-state index contributed by atoms with van der Waals surface area (Å²) in [7, 11) is -1.51. The maximum Gasteiger partial charge on any atom is 0.238 e. The molecule has 0 atom stereocenters. The average molecular weight is 253 g/mol. The molecule has 0 unspecified atom stereocenters. The highest BCUT2D eigenvalue weighted by molar-refractivity contribution is 6.88. The summed E-state index contributed by atoms with van der Waals surface area (Å²) in [6, 6.07) is 4.95. The van der Waals surface area contributed by atoms with Gasteiger partial charge in [0.05, 0.1) is 16.4 Å². The second kappa shape index (κ2) is 5.81. The minimum Gasteiger partial charge on any atom is -0.467 e. The Bertz CT molecular complexity index is 410. The van der Waals surface area contributed by atoms with E-state index in [4.69, 9.17) is 4.42 Å². The fourth-order valence-electron chi connectivity index (χ4n) is 1.68. The van der Waals surface area contributed by atoms with Crippen LogP contribution >= 0.6 is 0 Å². The summed E-state index contributed by atoms with van der Waals surface area (Å²) in [5.74, 6) is 0.564. The van der Waals surface area contributed by atoms with Crippen molar-refractivity contribution in [2.45, 2.75) is 38.9 Å². The van der Waals surface area contributed by atoms with Gasteiger partial charge in [-0.3, -0.25) is 10.1 Å². The fraction of sp³-hybridized carbons (Fsp3) is 0.500. The quantitative estimate of drug-likeness (QED) is 0.444. The first-order valence-electron chi connectivity index (χ1n) is 5.87. The van der Waals surface area contributed by atoms with Gasteiger partial charge in [0.1, 0.15) is 13.8 Å². The molecule has 0 radical (unpaired) electrons. The first-order chi connectivity index (χ1) is 7.95. The van der Waals surface area contributed by atoms with Crippen LogP contribution in [0.5, 0.6) is 0 Å². The topological polar surface area (TPSA) is 56.3 Å². The van der Waals surface area contributed by atoms with Gasteiger partial charge in [0.15, 0.2) is 0 Å². The van der Waals surface area contributed by atoms with Crippen LogP contribution in [0.1, 0.15) is 25.5 Å². The number of hydrogen-bond donors (Lipinski definition) is 0. The molecule has 0 aliphatic carbocycles. The van der Waals surface area contributed by atoms with Gasteiger partial charge in [-0.25, -0.2) is 0 Å². The highest BCUT2D eigenvalue weighted by atomic mass is 28.3. The molecule has 1 aromatic heterocycles. The summed E-state index contributed by atoms with van der Waals surface area (Å²) in [5.41, 5.74) is 0. The smallest absolute Gasteiger partial charge is 0.238 e. The second-order valence-corrected chi connectivity index (χ2v) is 9.55. The molecule has 1 heterocycles. The molecule has 4 nitrogen and oxygen atoms in total. The van der Waals surface area contributed by atoms with Gasteiger partial charge in [-0.1, -0.05) is 38.9 Å². The molecule has 17 heavy (non-hydrogen) atoms. The second-order valence-electron chi connectivity index (χ2n) is 4.79. The average Bonchev–Trinajstić information content (AvgIpc) is 2.73. The van der Waals surface area contributed by atoms with E-state index in [2.05, 4.69) is 20.0 Å². The van der Waals surface area contributed by atoms with Crippen molar-refractivity contribution in [2.75, 3.05) is 0 Å². The summed E-state index contributed by atoms with van der Waals surface area (Å²) in [6.45, 7) is 6.71. The van der Waals surface area contributed by atoms with Gasteiger partial charge >= 0.3 is 0 Å². The van der Waals surface area contributed by atoms with Crippen LogP contribution in [-0.2, 0) is 0 Å². The van der Waals surface area contributed by atoms with Crippen LogP contribution in [0, 0.1) is 10.1 Å². The van der Waals surface area contributed by atoms with E-state index in [9.17, 15) is 10.1 Å². The number of nitro groups is 1. The van der Waals surface area contributed by atoms with Gasteiger partial charge in [-0.05, 0) is 12.1 Å². The summed E-state index contributed by atoms with van der Waals surface area (Å²) >= 11 is 0. The zero-order valence-electron chi connectivity index (χ0n) is 10.6. The SMILES string of the molecule is CCCC[Si](C)(C)c1ccc(/C=C/[N+](=O)[O-])o1. The molecule has 1 aromatic rings. The lowest BCUT2D eigenvalue weighted by molar-refractivity contribution is -0.401. The van der Waals surface area contributed by atoms with Crippen LogP contribution in [0.25, 0.3) is 6.08 Å². The minimum absolute atomic E-state index is 0.484. The van der Waals surface area contributed by atoms with Crippen molar-refractivity contribution in [3.63, 3.8) is 0 Å². The Kier molecular flexibility index (Phi) is 4.69. The molecule has 0 aliphatic rings. The van der Waals surface area contributed by atoms with E-state index in [1.807, 2.05) is 6.07 Å². The summed E-state index contributed by atoms with van der Waals surface area (Å²) in [5, 5.41) is 11.2. The molecule has 1 rings (SSSR count). The minimum atomic E-state index is -1.51. The molecule has 0 saturated heterocycles.